The van der Waals surface area contributed by atoms with E-state index in [1.165, 1.54) is 10.4 Å². The molecule has 2 aromatic rings. The van der Waals surface area contributed by atoms with Crippen molar-refractivity contribution >= 4 is 25.3 Å². The lowest BCUT2D eigenvalue weighted by atomic mass is 10.2. The minimum atomic E-state index is -1.95. The first-order valence-corrected chi connectivity index (χ1v) is 11.4. The first-order chi connectivity index (χ1) is 11.4. The molecule has 0 radical (unpaired) electrons. The zero-order valence-electron chi connectivity index (χ0n) is 15.0. The summed E-state index contributed by atoms with van der Waals surface area (Å²) in [6, 6.07) is 20.7. The van der Waals surface area contributed by atoms with Crippen LogP contribution >= 0.6 is 0 Å². The number of hydrogen-bond acceptors (Lipinski definition) is 2. The molecule has 0 saturated heterocycles. The maximum atomic E-state index is 12.3. The molecule has 0 aliphatic rings. The van der Waals surface area contributed by atoms with Crippen LogP contribution in [0.3, 0.4) is 0 Å². The molecule has 0 saturated carbocycles. The summed E-state index contributed by atoms with van der Waals surface area (Å²) in [4.78, 5) is 12.3. The van der Waals surface area contributed by atoms with Crippen LogP contribution in [0.25, 0.3) is 6.08 Å². The molecule has 126 valence electrons. The smallest absolute Gasteiger partial charge is 0.309 e. The topological polar surface area (TPSA) is 26.3 Å². The van der Waals surface area contributed by atoms with Gasteiger partial charge >= 0.3 is 5.97 Å². The van der Waals surface area contributed by atoms with Crippen molar-refractivity contribution in [2.45, 2.75) is 39.5 Å². The Balaban J connectivity index is 2.39. The van der Waals surface area contributed by atoms with Gasteiger partial charge in [0.1, 0.15) is 8.07 Å². The van der Waals surface area contributed by atoms with Gasteiger partial charge in [-0.2, -0.15) is 0 Å². The Morgan fingerprint density at radius 1 is 1.00 bits per heavy atom. The van der Waals surface area contributed by atoms with Crippen molar-refractivity contribution in [3.8, 4) is 0 Å². The van der Waals surface area contributed by atoms with E-state index in [9.17, 15) is 4.79 Å². The number of hydrogen-bond donors (Lipinski definition) is 0. The van der Waals surface area contributed by atoms with Gasteiger partial charge in [0, 0.05) is 0 Å². The Morgan fingerprint density at radius 2 is 1.54 bits per heavy atom. The lowest BCUT2D eigenvalue weighted by Crippen LogP contribution is -2.44. The van der Waals surface area contributed by atoms with Gasteiger partial charge in [-0.15, -0.1) is 0 Å². The predicted molar refractivity (Wildman–Crippen MR) is 104 cm³/mol. The first-order valence-electron chi connectivity index (χ1n) is 8.40. The maximum Gasteiger partial charge on any atom is 0.309 e. The molecular weight excluding hydrogens is 312 g/mol. The van der Waals surface area contributed by atoms with Crippen molar-refractivity contribution in [2.24, 2.45) is 0 Å². The fraction of sp³-hybridized carbons (Fsp3) is 0.286. The molecule has 0 aromatic heterocycles. The van der Waals surface area contributed by atoms with Crippen LogP contribution in [0.15, 0.2) is 65.9 Å². The predicted octanol–water partition coefficient (Wildman–Crippen LogP) is 4.57. The lowest BCUT2D eigenvalue weighted by Gasteiger charge is -2.27. The molecule has 2 rings (SSSR count). The largest absolute Gasteiger partial charge is 0.463 e. The second-order valence-corrected chi connectivity index (χ2v) is 11.3. The fourth-order valence-electron chi connectivity index (χ4n) is 2.70. The van der Waals surface area contributed by atoms with Crippen LogP contribution < -0.4 is 5.19 Å². The average molecular weight is 339 g/mol. The van der Waals surface area contributed by atoms with Crippen molar-refractivity contribution in [2.75, 3.05) is 0 Å². The van der Waals surface area contributed by atoms with Gasteiger partial charge in [0.15, 0.2) is 0 Å². The lowest BCUT2D eigenvalue weighted by molar-refractivity contribution is -0.146. The number of ether oxygens (including phenoxy) is 1. The molecule has 0 amide bonds. The summed E-state index contributed by atoms with van der Waals surface area (Å²) in [5, 5.41) is 2.51. The Bertz CT molecular complexity index is 688. The third-order valence-electron chi connectivity index (χ3n) is 4.14. The van der Waals surface area contributed by atoms with Crippen LogP contribution in [0.5, 0.6) is 0 Å². The summed E-state index contributed by atoms with van der Waals surface area (Å²) in [7, 11) is -1.95. The Hall–Kier alpha value is -2.13. The number of benzene rings is 2. The van der Waals surface area contributed by atoms with Crippen molar-refractivity contribution < 1.29 is 9.53 Å². The molecule has 3 heteroatoms. The second kappa shape index (κ2) is 8.11. The van der Waals surface area contributed by atoms with Crippen molar-refractivity contribution in [1.82, 2.24) is 0 Å². The molecule has 0 aliphatic carbocycles. The Kier molecular flexibility index (Phi) is 6.15. The molecule has 2 aromatic carbocycles. The van der Waals surface area contributed by atoms with Gasteiger partial charge < -0.3 is 4.74 Å². The highest BCUT2D eigenvalue weighted by Crippen LogP contribution is 2.22. The van der Waals surface area contributed by atoms with Crippen molar-refractivity contribution in [3.05, 3.63) is 71.4 Å². The zero-order valence-corrected chi connectivity index (χ0v) is 16.0. The van der Waals surface area contributed by atoms with Crippen LogP contribution in [-0.2, 0) is 9.53 Å². The standard InChI is InChI=1S/C21H26O2Si/c1-17(2)23-21(22)16-20(15-18-11-7-5-8-12-18)24(3,4)19-13-9-6-10-14-19/h5-15,17H,16H2,1-4H3/b20-15+. The fourth-order valence-corrected chi connectivity index (χ4v) is 5.21. The van der Waals surface area contributed by atoms with Gasteiger partial charge in [0.25, 0.3) is 0 Å². The van der Waals surface area contributed by atoms with E-state index < -0.39 is 8.07 Å². The van der Waals surface area contributed by atoms with Crippen molar-refractivity contribution in [1.29, 1.82) is 0 Å². The number of esters is 1. The molecule has 0 heterocycles. The summed E-state index contributed by atoms with van der Waals surface area (Å²) >= 11 is 0. The molecule has 0 spiro atoms. The van der Waals surface area contributed by atoms with E-state index in [1.807, 2.05) is 38.1 Å². The van der Waals surface area contributed by atoms with E-state index in [-0.39, 0.29) is 12.1 Å². The maximum absolute atomic E-state index is 12.3. The normalized spacial score (nSPS) is 12.3. The monoisotopic (exact) mass is 338 g/mol. The Labute approximate surface area is 146 Å². The minimum absolute atomic E-state index is 0.0861. The molecule has 0 atom stereocenters. The SMILES string of the molecule is CC(C)OC(=O)C/C(=C\c1ccccc1)[Si](C)(C)c1ccccc1. The highest BCUT2D eigenvalue weighted by Gasteiger charge is 2.30. The Morgan fingerprint density at radius 3 is 2.08 bits per heavy atom. The third-order valence-corrected chi connectivity index (χ3v) is 7.84. The van der Waals surface area contributed by atoms with E-state index in [1.54, 1.807) is 0 Å². The van der Waals surface area contributed by atoms with Crippen LogP contribution in [0, 0.1) is 0 Å². The van der Waals surface area contributed by atoms with E-state index in [0.717, 1.165) is 5.56 Å². The van der Waals surface area contributed by atoms with Crippen LogP contribution in [0.1, 0.15) is 25.8 Å². The van der Waals surface area contributed by atoms with E-state index in [2.05, 4.69) is 55.6 Å². The molecule has 0 bridgehead atoms. The summed E-state index contributed by atoms with van der Waals surface area (Å²) in [5.74, 6) is -0.149. The number of carbonyl (C=O) groups is 1. The molecule has 0 fully saturated rings. The third kappa shape index (κ3) is 4.93. The molecular formula is C21H26O2Si. The molecule has 0 aliphatic heterocycles. The van der Waals surface area contributed by atoms with Gasteiger partial charge in [-0.3, -0.25) is 4.79 Å². The quantitative estimate of drug-likeness (QED) is 0.570. The van der Waals surface area contributed by atoms with Crippen LogP contribution in [0.2, 0.25) is 13.1 Å². The number of rotatable bonds is 6. The average Bonchev–Trinajstić information content (AvgIpc) is 2.55. The van der Waals surface area contributed by atoms with Gasteiger partial charge in [-0.1, -0.05) is 90.2 Å². The molecule has 0 N–H and O–H groups in total. The molecule has 0 unspecified atom stereocenters. The summed E-state index contributed by atoms with van der Waals surface area (Å²) < 4.78 is 5.39. The summed E-state index contributed by atoms with van der Waals surface area (Å²) in [6.45, 7) is 8.36. The highest BCUT2D eigenvalue weighted by molar-refractivity contribution is 6.96. The van der Waals surface area contributed by atoms with Crippen molar-refractivity contribution in [3.63, 3.8) is 0 Å². The van der Waals surface area contributed by atoms with Gasteiger partial charge in [0.2, 0.25) is 0 Å². The van der Waals surface area contributed by atoms with Crippen LogP contribution in [-0.4, -0.2) is 20.1 Å². The van der Waals surface area contributed by atoms with E-state index in [0.29, 0.717) is 6.42 Å². The van der Waals surface area contributed by atoms with Crippen LogP contribution in [0.4, 0.5) is 0 Å². The van der Waals surface area contributed by atoms with Gasteiger partial charge in [0.05, 0.1) is 12.5 Å². The second-order valence-electron chi connectivity index (χ2n) is 6.79. The highest BCUT2D eigenvalue weighted by atomic mass is 28.3. The van der Waals surface area contributed by atoms with E-state index >= 15 is 0 Å². The minimum Gasteiger partial charge on any atom is -0.463 e. The molecule has 24 heavy (non-hydrogen) atoms. The van der Waals surface area contributed by atoms with E-state index in [4.69, 9.17) is 4.74 Å². The molecule has 2 nitrogen and oxygen atoms in total. The summed E-state index contributed by atoms with van der Waals surface area (Å²) in [5.41, 5.74) is 1.13. The zero-order chi connectivity index (χ0) is 17.6. The summed E-state index contributed by atoms with van der Waals surface area (Å²) in [6.07, 6.45) is 2.43. The first kappa shape index (κ1) is 18.2. The van der Waals surface area contributed by atoms with Gasteiger partial charge in [-0.25, -0.2) is 0 Å². The number of carbonyl (C=O) groups excluding carboxylic acids is 1. The van der Waals surface area contributed by atoms with Gasteiger partial charge in [-0.05, 0) is 19.4 Å².